The molecule has 1 amide bonds. The van der Waals surface area contributed by atoms with Gasteiger partial charge in [0.1, 0.15) is 0 Å². The first-order valence-corrected chi connectivity index (χ1v) is 14.1. The van der Waals surface area contributed by atoms with E-state index in [1.165, 1.54) is 6.07 Å². The Bertz CT molecular complexity index is 1560. The average Bonchev–Trinajstić information content (AvgIpc) is 3.73. The normalized spacial score (nSPS) is 20.5. The van der Waals surface area contributed by atoms with Gasteiger partial charge in [-0.05, 0) is 70.0 Å². The van der Waals surface area contributed by atoms with E-state index < -0.39 is 17.6 Å². The van der Waals surface area contributed by atoms with Crippen LogP contribution in [0.1, 0.15) is 53.0 Å². The number of alkyl halides is 3. The number of carbonyl (C=O) groups excluding carboxylic acids is 1. The van der Waals surface area contributed by atoms with Crippen molar-refractivity contribution in [3.8, 4) is 0 Å². The van der Waals surface area contributed by atoms with Crippen molar-refractivity contribution in [2.45, 2.75) is 58.4 Å². The Balaban J connectivity index is 1.24. The van der Waals surface area contributed by atoms with E-state index >= 15 is 0 Å². The van der Waals surface area contributed by atoms with E-state index in [1.54, 1.807) is 34.1 Å². The summed E-state index contributed by atoms with van der Waals surface area (Å²) >= 11 is 0. The van der Waals surface area contributed by atoms with E-state index in [0.29, 0.717) is 29.9 Å². The lowest BCUT2D eigenvalue weighted by Crippen LogP contribution is -2.49. The predicted molar refractivity (Wildman–Crippen MR) is 157 cm³/mol. The second kappa shape index (κ2) is 10.4. The van der Waals surface area contributed by atoms with Gasteiger partial charge >= 0.3 is 6.18 Å². The molecule has 2 aromatic carbocycles. The lowest BCUT2D eigenvalue weighted by Gasteiger charge is -2.38. The van der Waals surface area contributed by atoms with Crippen molar-refractivity contribution in [1.29, 1.82) is 0 Å². The van der Waals surface area contributed by atoms with E-state index in [-0.39, 0.29) is 11.7 Å². The number of halogens is 3. The lowest BCUT2D eigenvalue weighted by molar-refractivity contribution is -0.137. The SMILES string of the molecule is Cc1ccc(C(=O)Nc2cc(N3CC4CC3CN4C(C)C)cc(C(F)(F)F)c2)cc1N1C=C(c2cnn(C)c2C)NN1. The topological polar surface area (TPSA) is 80.7 Å². The summed E-state index contributed by atoms with van der Waals surface area (Å²) in [5, 5.41) is 8.78. The molecule has 3 aliphatic heterocycles. The summed E-state index contributed by atoms with van der Waals surface area (Å²) < 4.78 is 43.6. The summed E-state index contributed by atoms with van der Waals surface area (Å²) in [6.45, 7) is 9.67. The number of nitrogens with one attached hydrogen (secondary N) is 3. The van der Waals surface area contributed by atoms with Crippen LogP contribution in [0.3, 0.4) is 0 Å². The predicted octanol–water partition coefficient (Wildman–Crippen LogP) is 4.81. The number of aryl methyl sites for hydroxylation is 2. The standard InChI is InChI=1S/C30H35F3N8O/c1-17(2)39-14-25-12-24(39)15-40(25)23-10-21(30(31,32)33)9-22(11-23)35-29(42)20-7-6-18(3)28(8-20)41-16-27(36-37-41)26-13-34-38(5)19(26)4/h6-11,13,16-17,24-25,36-37H,12,14-15H2,1-5H3,(H,35,42). The molecule has 222 valence electrons. The number of amides is 1. The van der Waals surface area contributed by atoms with Crippen LogP contribution in [0.25, 0.3) is 5.70 Å². The number of benzene rings is 2. The third-order valence-electron chi connectivity index (χ3n) is 8.61. The molecule has 0 saturated carbocycles. The largest absolute Gasteiger partial charge is 0.416 e. The Morgan fingerprint density at radius 2 is 1.88 bits per heavy atom. The van der Waals surface area contributed by atoms with E-state index in [2.05, 4.69) is 45.0 Å². The zero-order chi connectivity index (χ0) is 29.9. The molecule has 12 heteroatoms. The van der Waals surface area contributed by atoms with Gasteiger partial charge in [-0.2, -0.15) is 18.3 Å². The number of rotatable bonds is 6. The number of carbonyl (C=O) groups is 1. The lowest BCUT2D eigenvalue weighted by atomic mass is 10.1. The molecule has 9 nitrogen and oxygen atoms in total. The summed E-state index contributed by atoms with van der Waals surface area (Å²) in [6.07, 6.45) is 0.0305. The van der Waals surface area contributed by atoms with E-state index in [1.807, 2.05) is 33.2 Å². The molecule has 3 N–H and O–H groups in total. The fourth-order valence-electron chi connectivity index (χ4n) is 6.22. The first-order chi connectivity index (χ1) is 19.9. The minimum atomic E-state index is -4.54. The van der Waals surface area contributed by atoms with Gasteiger partial charge in [0.25, 0.3) is 5.91 Å². The van der Waals surface area contributed by atoms with Crippen LogP contribution in [0.4, 0.5) is 30.2 Å². The maximum absolute atomic E-state index is 13.9. The third-order valence-corrected chi connectivity index (χ3v) is 8.61. The van der Waals surface area contributed by atoms with Gasteiger partial charge in [-0.1, -0.05) is 6.07 Å². The van der Waals surface area contributed by atoms with Gasteiger partial charge in [-0.15, -0.1) is 5.53 Å². The van der Waals surface area contributed by atoms with Crippen molar-refractivity contribution in [3.05, 3.63) is 76.7 Å². The van der Waals surface area contributed by atoms with E-state index in [0.717, 1.165) is 47.2 Å². The van der Waals surface area contributed by atoms with E-state index in [4.69, 9.17) is 0 Å². The van der Waals surface area contributed by atoms with Crippen molar-refractivity contribution in [2.24, 2.45) is 7.05 Å². The summed E-state index contributed by atoms with van der Waals surface area (Å²) in [6, 6.07) is 9.91. The van der Waals surface area contributed by atoms with Gasteiger partial charge in [0.2, 0.25) is 0 Å². The Hall–Kier alpha value is -4.03. The molecule has 2 saturated heterocycles. The number of piperazine rings is 1. The quantitative estimate of drug-likeness (QED) is 0.386. The number of hydrogen-bond donors (Lipinski definition) is 3. The highest BCUT2D eigenvalue weighted by molar-refractivity contribution is 6.05. The maximum Gasteiger partial charge on any atom is 0.416 e. The van der Waals surface area contributed by atoms with Crippen LogP contribution in [0, 0.1) is 13.8 Å². The fraction of sp³-hybridized carbons (Fsp3) is 0.400. The molecule has 2 fully saturated rings. The van der Waals surface area contributed by atoms with Gasteiger partial charge in [0.05, 0.1) is 23.1 Å². The Kier molecular flexibility index (Phi) is 6.93. The molecule has 3 aromatic rings. The molecule has 2 atom stereocenters. The van der Waals surface area contributed by atoms with Crippen molar-refractivity contribution < 1.29 is 18.0 Å². The summed E-state index contributed by atoms with van der Waals surface area (Å²) in [5.74, 6) is -0.491. The Morgan fingerprint density at radius 3 is 2.52 bits per heavy atom. The number of anilines is 3. The number of fused-ring (bicyclic) bond motifs is 2. The summed E-state index contributed by atoms with van der Waals surface area (Å²) in [7, 11) is 1.87. The second-order valence-electron chi connectivity index (χ2n) is 11.6. The molecule has 0 aliphatic carbocycles. The van der Waals surface area contributed by atoms with Crippen LogP contribution >= 0.6 is 0 Å². The number of nitrogens with zero attached hydrogens (tertiary/aromatic N) is 5. The molecule has 0 radical (unpaired) electrons. The van der Waals surface area contributed by atoms with Gasteiger partial charge in [-0.3, -0.25) is 19.4 Å². The van der Waals surface area contributed by atoms with Crippen LogP contribution in [-0.4, -0.2) is 51.8 Å². The highest BCUT2D eigenvalue weighted by Crippen LogP contribution is 2.40. The van der Waals surface area contributed by atoms with Crippen molar-refractivity contribution >= 4 is 28.7 Å². The van der Waals surface area contributed by atoms with Crippen molar-refractivity contribution in [3.63, 3.8) is 0 Å². The number of hydrogen-bond acceptors (Lipinski definition) is 7. The zero-order valence-corrected chi connectivity index (χ0v) is 24.3. The molecule has 42 heavy (non-hydrogen) atoms. The first-order valence-electron chi connectivity index (χ1n) is 14.1. The van der Waals surface area contributed by atoms with E-state index in [9.17, 15) is 18.0 Å². The monoisotopic (exact) mass is 580 g/mol. The van der Waals surface area contributed by atoms with Crippen LogP contribution in [0.15, 0.2) is 48.8 Å². The number of likely N-dealkylation sites (tertiary alicyclic amines) is 1. The molecule has 3 aliphatic rings. The van der Waals surface area contributed by atoms with Crippen molar-refractivity contribution in [2.75, 3.05) is 28.3 Å². The van der Waals surface area contributed by atoms with Gasteiger partial charge in [0, 0.05) is 72.7 Å². The molecule has 0 spiro atoms. The maximum atomic E-state index is 13.9. The van der Waals surface area contributed by atoms with Gasteiger partial charge < -0.3 is 15.6 Å². The zero-order valence-electron chi connectivity index (χ0n) is 24.3. The van der Waals surface area contributed by atoms with Gasteiger partial charge in [-0.25, -0.2) is 0 Å². The third kappa shape index (κ3) is 5.09. The first kappa shape index (κ1) is 28.1. The number of aromatic nitrogens is 2. The van der Waals surface area contributed by atoms with Gasteiger partial charge in [0.15, 0.2) is 0 Å². The molecule has 2 unspecified atom stereocenters. The minimum absolute atomic E-state index is 0.116. The summed E-state index contributed by atoms with van der Waals surface area (Å²) in [5.41, 5.74) is 10.7. The molecule has 4 heterocycles. The Labute approximate surface area is 242 Å². The summed E-state index contributed by atoms with van der Waals surface area (Å²) in [4.78, 5) is 17.8. The van der Waals surface area contributed by atoms with Crippen LogP contribution in [0.5, 0.6) is 0 Å². The number of hydrazine groups is 2. The highest BCUT2D eigenvalue weighted by Gasteiger charge is 2.44. The molecule has 6 rings (SSSR count). The molecule has 1 aromatic heterocycles. The fourth-order valence-corrected chi connectivity index (χ4v) is 6.22. The molecular weight excluding hydrogens is 545 g/mol. The van der Waals surface area contributed by atoms with Crippen LogP contribution in [0.2, 0.25) is 0 Å². The minimum Gasteiger partial charge on any atom is -0.366 e. The molecule has 2 bridgehead atoms. The smallest absolute Gasteiger partial charge is 0.366 e. The Morgan fingerprint density at radius 1 is 1.10 bits per heavy atom. The molecular formula is C30H35F3N8O. The second-order valence-corrected chi connectivity index (χ2v) is 11.6. The average molecular weight is 581 g/mol. The van der Waals surface area contributed by atoms with Crippen LogP contribution in [-0.2, 0) is 13.2 Å². The van der Waals surface area contributed by atoms with Crippen LogP contribution < -0.4 is 26.2 Å². The highest BCUT2D eigenvalue weighted by atomic mass is 19.4. The van der Waals surface area contributed by atoms with Crippen molar-refractivity contribution in [1.82, 2.24) is 25.6 Å².